The molecule has 1 aliphatic rings. The summed E-state index contributed by atoms with van der Waals surface area (Å²) in [6.07, 6.45) is 0.168. The number of hydrogen-bond acceptors (Lipinski definition) is 2. The molecule has 0 bridgehead atoms. The van der Waals surface area contributed by atoms with Crippen LogP contribution in [0.1, 0.15) is 25.7 Å². The summed E-state index contributed by atoms with van der Waals surface area (Å²) in [7, 11) is 1.47. The van der Waals surface area contributed by atoms with Crippen molar-refractivity contribution < 1.29 is 18.3 Å². The van der Waals surface area contributed by atoms with Crippen LogP contribution in [0.4, 0.5) is 8.78 Å². The van der Waals surface area contributed by atoms with E-state index >= 15 is 0 Å². The average Bonchev–Trinajstić information content (AvgIpc) is 2.14. The van der Waals surface area contributed by atoms with E-state index in [2.05, 4.69) is 10.1 Å². The third-order valence-corrected chi connectivity index (χ3v) is 2.48. The Morgan fingerprint density at radius 3 is 2.57 bits per heavy atom. The van der Waals surface area contributed by atoms with Crippen molar-refractivity contribution in [1.29, 1.82) is 0 Å². The summed E-state index contributed by atoms with van der Waals surface area (Å²) >= 11 is 0. The van der Waals surface area contributed by atoms with Gasteiger partial charge in [0.05, 0.1) is 0 Å². The lowest BCUT2D eigenvalue weighted by Crippen LogP contribution is -2.36. The van der Waals surface area contributed by atoms with Crippen LogP contribution in [-0.2, 0) is 9.53 Å². The van der Waals surface area contributed by atoms with E-state index in [1.165, 1.54) is 7.11 Å². The van der Waals surface area contributed by atoms with Gasteiger partial charge in [-0.1, -0.05) is 0 Å². The van der Waals surface area contributed by atoms with Gasteiger partial charge in [0.15, 0.2) is 0 Å². The van der Waals surface area contributed by atoms with Gasteiger partial charge in [-0.3, -0.25) is 4.79 Å². The number of rotatable bonds is 3. The zero-order chi connectivity index (χ0) is 10.6. The van der Waals surface area contributed by atoms with Crippen molar-refractivity contribution in [2.75, 3.05) is 13.8 Å². The van der Waals surface area contributed by atoms with Crippen LogP contribution < -0.4 is 5.32 Å². The monoisotopic (exact) mass is 207 g/mol. The SMILES string of the molecule is COCNC(=O)C1CCC(F)(F)CC1. The highest BCUT2D eigenvalue weighted by atomic mass is 19.3. The standard InChI is InChI=1S/C9H15F2NO2/c1-14-6-12-8(13)7-2-4-9(10,11)5-3-7/h7H,2-6H2,1H3,(H,12,13). The molecule has 0 heterocycles. The Kier molecular flexibility index (Phi) is 3.80. The molecule has 1 N–H and O–H groups in total. The predicted octanol–water partition coefficient (Wildman–Crippen LogP) is 1.53. The van der Waals surface area contributed by atoms with Gasteiger partial charge in [-0.25, -0.2) is 8.78 Å². The maximum Gasteiger partial charge on any atom is 0.248 e. The Bertz CT molecular complexity index is 199. The Morgan fingerprint density at radius 1 is 1.50 bits per heavy atom. The first-order valence-corrected chi connectivity index (χ1v) is 4.69. The van der Waals surface area contributed by atoms with Gasteiger partial charge in [-0.05, 0) is 12.8 Å². The van der Waals surface area contributed by atoms with E-state index in [0.717, 1.165) is 0 Å². The Hall–Kier alpha value is -0.710. The molecular weight excluding hydrogens is 192 g/mol. The highest BCUT2D eigenvalue weighted by molar-refractivity contribution is 5.78. The molecule has 0 aromatic rings. The minimum Gasteiger partial charge on any atom is -0.364 e. The van der Waals surface area contributed by atoms with Crippen molar-refractivity contribution in [2.24, 2.45) is 5.92 Å². The van der Waals surface area contributed by atoms with Crippen molar-refractivity contribution in [3.05, 3.63) is 0 Å². The molecule has 0 radical (unpaired) electrons. The molecule has 14 heavy (non-hydrogen) atoms. The number of hydrogen-bond donors (Lipinski definition) is 1. The van der Waals surface area contributed by atoms with Crippen LogP contribution in [-0.4, -0.2) is 25.7 Å². The van der Waals surface area contributed by atoms with Crippen molar-refractivity contribution in [1.82, 2.24) is 5.32 Å². The van der Waals surface area contributed by atoms with Crippen molar-refractivity contribution >= 4 is 5.91 Å². The number of methoxy groups -OCH3 is 1. The Morgan fingerprint density at radius 2 is 2.07 bits per heavy atom. The summed E-state index contributed by atoms with van der Waals surface area (Å²) in [5.74, 6) is -3.02. The molecule has 1 fully saturated rings. The largest absolute Gasteiger partial charge is 0.364 e. The number of ether oxygens (including phenoxy) is 1. The van der Waals surface area contributed by atoms with Gasteiger partial charge in [0.2, 0.25) is 11.8 Å². The van der Waals surface area contributed by atoms with E-state index < -0.39 is 5.92 Å². The van der Waals surface area contributed by atoms with Gasteiger partial charge in [-0.2, -0.15) is 0 Å². The highest BCUT2D eigenvalue weighted by Gasteiger charge is 2.37. The maximum atomic E-state index is 12.7. The van der Waals surface area contributed by atoms with Gasteiger partial charge >= 0.3 is 0 Å². The van der Waals surface area contributed by atoms with Crippen molar-refractivity contribution in [3.8, 4) is 0 Å². The molecular formula is C9H15F2NO2. The minimum absolute atomic E-state index is 0.145. The first-order chi connectivity index (χ1) is 6.55. The van der Waals surface area contributed by atoms with E-state index in [-0.39, 0.29) is 44.2 Å². The predicted molar refractivity (Wildman–Crippen MR) is 46.9 cm³/mol. The fourth-order valence-electron chi connectivity index (χ4n) is 1.59. The lowest BCUT2D eigenvalue weighted by molar-refractivity contribution is -0.130. The fraction of sp³-hybridized carbons (Fsp3) is 0.889. The molecule has 0 aromatic heterocycles. The summed E-state index contributed by atoms with van der Waals surface area (Å²) < 4.78 is 30.1. The first kappa shape index (κ1) is 11.4. The summed E-state index contributed by atoms with van der Waals surface area (Å²) in [5, 5.41) is 2.52. The number of alkyl halides is 2. The molecule has 0 saturated heterocycles. The molecule has 0 aliphatic heterocycles. The maximum absolute atomic E-state index is 12.7. The smallest absolute Gasteiger partial charge is 0.248 e. The zero-order valence-corrected chi connectivity index (χ0v) is 8.19. The molecule has 1 amide bonds. The molecule has 0 unspecified atom stereocenters. The van der Waals surface area contributed by atoms with Gasteiger partial charge in [-0.15, -0.1) is 0 Å². The third kappa shape index (κ3) is 3.21. The molecule has 0 aromatic carbocycles. The summed E-state index contributed by atoms with van der Waals surface area (Å²) in [5.41, 5.74) is 0. The summed E-state index contributed by atoms with van der Waals surface area (Å²) in [6, 6.07) is 0. The summed E-state index contributed by atoms with van der Waals surface area (Å²) in [4.78, 5) is 11.3. The quantitative estimate of drug-likeness (QED) is 0.713. The number of amides is 1. The van der Waals surface area contributed by atoms with Crippen LogP contribution in [0.3, 0.4) is 0 Å². The molecule has 82 valence electrons. The van der Waals surface area contributed by atoms with E-state index in [9.17, 15) is 13.6 Å². The van der Waals surface area contributed by atoms with Crippen LogP contribution in [0, 0.1) is 5.92 Å². The van der Waals surface area contributed by atoms with Gasteiger partial charge in [0.25, 0.3) is 0 Å². The minimum atomic E-state index is -2.57. The van der Waals surface area contributed by atoms with E-state index in [4.69, 9.17) is 0 Å². The molecule has 0 spiro atoms. The second-order valence-electron chi connectivity index (χ2n) is 3.60. The van der Waals surface area contributed by atoms with Crippen molar-refractivity contribution in [2.45, 2.75) is 31.6 Å². The zero-order valence-electron chi connectivity index (χ0n) is 8.19. The molecule has 5 heteroatoms. The van der Waals surface area contributed by atoms with E-state index in [1.54, 1.807) is 0 Å². The van der Waals surface area contributed by atoms with Crippen LogP contribution in [0.15, 0.2) is 0 Å². The fourth-order valence-corrected chi connectivity index (χ4v) is 1.59. The van der Waals surface area contributed by atoms with Gasteiger partial charge < -0.3 is 10.1 Å². The molecule has 1 saturated carbocycles. The second kappa shape index (κ2) is 4.68. The molecule has 0 atom stereocenters. The normalized spacial score (nSPS) is 21.9. The summed E-state index contributed by atoms with van der Waals surface area (Å²) in [6.45, 7) is 0.145. The highest BCUT2D eigenvalue weighted by Crippen LogP contribution is 2.35. The third-order valence-electron chi connectivity index (χ3n) is 2.48. The molecule has 1 rings (SSSR count). The van der Waals surface area contributed by atoms with E-state index in [0.29, 0.717) is 0 Å². The number of carbonyl (C=O) groups excluding carboxylic acids is 1. The number of carbonyl (C=O) groups is 1. The van der Waals surface area contributed by atoms with Gasteiger partial charge in [0.1, 0.15) is 6.73 Å². The lowest BCUT2D eigenvalue weighted by atomic mass is 9.86. The Labute approximate surface area is 81.8 Å². The van der Waals surface area contributed by atoms with Crippen molar-refractivity contribution in [3.63, 3.8) is 0 Å². The molecule has 1 aliphatic carbocycles. The molecule has 3 nitrogen and oxygen atoms in total. The second-order valence-corrected chi connectivity index (χ2v) is 3.60. The lowest BCUT2D eigenvalue weighted by Gasteiger charge is -2.27. The Balaban J connectivity index is 2.30. The first-order valence-electron chi connectivity index (χ1n) is 4.69. The topological polar surface area (TPSA) is 38.3 Å². The van der Waals surface area contributed by atoms with Crippen LogP contribution in [0.25, 0.3) is 0 Å². The number of nitrogens with one attached hydrogen (secondary N) is 1. The van der Waals surface area contributed by atoms with Crippen LogP contribution in [0.5, 0.6) is 0 Å². The average molecular weight is 207 g/mol. The van der Waals surface area contributed by atoms with Crippen LogP contribution >= 0.6 is 0 Å². The van der Waals surface area contributed by atoms with E-state index in [1.807, 2.05) is 0 Å². The van der Waals surface area contributed by atoms with Gasteiger partial charge in [0, 0.05) is 25.9 Å². The van der Waals surface area contributed by atoms with Crippen LogP contribution in [0.2, 0.25) is 0 Å². The number of halogens is 2.